The highest BCUT2D eigenvalue weighted by atomic mass is 32.1. The van der Waals surface area contributed by atoms with Crippen molar-refractivity contribution in [3.63, 3.8) is 0 Å². The fourth-order valence-corrected chi connectivity index (χ4v) is 7.56. The van der Waals surface area contributed by atoms with Crippen LogP contribution in [0.25, 0.3) is 53.0 Å². The molecule has 3 heterocycles. The number of benzene rings is 6. The lowest BCUT2D eigenvalue weighted by molar-refractivity contribution is 0.878. The zero-order chi connectivity index (χ0) is 29.0. The molecule has 0 bridgehead atoms. The fraction of sp³-hybridized carbons (Fsp3) is 0.0256. The van der Waals surface area contributed by atoms with Crippen LogP contribution in [0.2, 0.25) is 0 Å². The molecule has 9 rings (SSSR count). The van der Waals surface area contributed by atoms with Gasteiger partial charge < -0.3 is 14.9 Å². The number of hydrogen-bond donors (Lipinski definition) is 0. The first-order valence-corrected chi connectivity index (χ1v) is 15.6. The molecule has 0 saturated carbocycles. The van der Waals surface area contributed by atoms with E-state index in [-0.39, 0.29) is 6.17 Å². The standard InChI is InChI=1S/C39H25N4S/c1-3-11-25(12-4-1)37-40-38(26-13-5-2-6-14-26)42-39(41-37)27-19-21-28(22-20-27)43-33-17-9-7-15-29(33)31-23-24-32-30-16-8-10-18-34(30)44-36(32)35(31)43/h1-24,37H/q-1. The molecule has 0 N–H and O–H groups in total. The van der Waals surface area contributed by atoms with E-state index in [0.29, 0.717) is 11.7 Å². The van der Waals surface area contributed by atoms with E-state index in [1.165, 1.54) is 42.0 Å². The van der Waals surface area contributed by atoms with Crippen molar-refractivity contribution in [1.82, 2.24) is 4.57 Å². The van der Waals surface area contributed by atoms with Crippen LogP contribution in [0.4, 0.5) is 0 Å². The Morgan fingerprint density at radius 3 is 2.07 bits per heavy atom. The summed E-state index contributed by atoms with van der Waals surface area (Å²) in [7, 11) is 0. The van der Waals surface area contributed by atoms with Gasteiger partial charge in [0.05, 0.1) is 27.7 Å². The third-order valence-corrected chi connectivity index (χ3v) is 9.59. The smallest absolute Gasteiger partial charge is 0.0822 e. The van der Waals surface area contributed by atoms with Crippen LogP contribution in [0.5, 0.6) is 0 Å². The third-order valence-electron chi connectivity index (χ3n) is 8.39. The maximum atomic E-state index is 5.01. The van der Waals surface area contributed by atoms with Gasteiger partial charge in [-0.25, -0.2) is 0 Å². The van der Waals surface area contributed by atoms with E-state index >= 15 is 0 Å². The molecule has 5 heteroatoms. The van der Waals surface area contributed by atoms with Crippen molar-refractivity contribution < 1.29 is 0 Å². The van der Waals surface area contributed by atoms with Crippen LogP contribution in [-0.2, 0) is 0 Å². The highest BCUT2D eigenvalue weighted by molar-refractivity contribution is 7.26. The zero-order valence-corrected chi connectivity index (χ0v) is 24.4. The molecule has 1 atom stereocenters. The third kappa shape index (κ3) is 3.98. The number of rotatable bonds is 4. The van der Waals surface area contributed by atoms with Gasteiger partial charge in [-0.15, -0.1) is 11.3 Å². The Hall–Kier alpha value is -5.52. The van der Waals surface area contributed by atoms with Gasteiger partial charge in [0.1, 0.15) is 0 Å². The molecule has 1 unspecified atom stereocenters. The Morgan fingerprint density at radius 2 is 1.25 bits per heavy atom. The number of hydrogen-bond acceptors (Lipinski definition) is 3. The number of nitrogens with zero attached hydrogens (tertiary/aromatic N) is 4. The second kappa shape index (κ2) is 10.0. The Balaban J connectivity index is 1.21. The van der Waals surface area contributed by atoms with E-state index in [9.17, 15) is 0 Å². The van der Waals surface area contributed by atoms with Gasteiger partial charge in [-0.1, -0.05) is 127 Å². The number of aromatic nitrogens is 1. The summed E-state index contributed by atoms with van der Waals surface area (Å²) in [6.07, 6.45) is -0.350. The van der Waals surface area contributed by atoms with Crippen molar-refractivity contribution in [2.24, 2.45) is 9.98 Å². The van der Waals surface area contributed by atoms with Crippen LogP contribution in [0.3, 0.4) is 0 Å². The molecule has 0 fully saturated rings. The summed E-state index contributed by atoms with van der Waals surface area (Å²) in [5, 5.41) is 10.1. The molecule has 8 aromatic rings. The summed E-state index contributed by atoms with van der Waals surface area (Å²) in [5.41, 5.74) is 6.55. The van der Waals surface area contributed by atoms with Crippen molar-refractivity contribution in [1.29, 1.82) is 0 Å². The molecule has 0 saturated heterocycles. The molecular formula is C39H25N4S-. The SMILES string of the molecule is c1ccc(C2=NC(c3ccc(-n4c5ccccc5c5ccc6c7ccccc7sc6c54)cc3)=NC(c3ccccc3)[N-]2)cc1. The minimum absolute atomic E-state index is 0.350. The van der Waals surface area contributed by atoms with E-state index in [4.69, 9.17) is 15.3 Å². The molecule has 1 aliphatic rings. The topological polar surface area (TPSA) is 43.8 Å². The van der Waals surface area contributed by atoms with Gasteiger partial charge in [0.15, 0.2) is 0 Å². The molecule has 44 heavy (non-hydrogen) atoms. The second-order valence-electron chi connectivity index (χ2n) is 11.0. The molecule has 0 amide bonds. The van der Waals surface area contributed by atoms with Crippen LogP contribution in [-0.4, -0.2) is 16.2 Å². The normalized spacial score (nSPS) is 15.0. The molecular weight excluding hydrogens is 557 g/mol. The molecule has 4 nitrogen and oxygen atoms in total. The van der Waals surface area contributed by atoms with Gasteiger partial charge in [-0.3, -0.25) is 4.99 Å². The predicted molar refractivity (Wildman–Crippen MR) is 186 cm³/mol. The largest absolute Gasteiger partial charge is 0.438 e. The highest BCUT2D eigenvalue weighted by Crippen LogP contribution is 2.43. The molecule has 0 spiro atoms. The Kier molecular flexibility index (Phi) is 5.71. The zero-order valence-electron chi connectivity index (χ0n) is 23.6. The van der Waals surface area contributed by atoms with Crippen molar-refractivity contribution in [3.8, 4) is 5.69 Å². The maximum Gasteiger partial charge on any atom is 0.0822 e. The second-order valence-corrected chi connectivity index (χ2v) is 12.1. The van der Waals surface area contributed by atoms with E-state index in [0.717, 1.165) is 22.4 Å². The summed E-state index contributed by atoms with van der Waals surface area (Å²) >= 11 is 1.87. The molecule has 0 radical (unpaired) electrons. The maximum absolute atomic E-state index is 5.01. The van der Waals surface area contributed by atoms with Crippen molar-refractivity contribution >= 4 is 65.0 Å². The van der Waals surface area contributed by atoms with Crippen LogP contribution >= 0.6 is 11.3 Å². The number of aliphatic imine (C=N–C) groups is 2. The Bertz CT molecular complexity index is 2400. The summed E-state index contributed by atoms with van der Waals surface area (Å²) in [4.78, 5) is 9.96. The molecule has 1 aliphatic heterocycles. The first kappa shape index (κ1) is 25.0. The van der Waals surface area contributed by atoms with Crippen molar-refractivity contribution in [2.75, 3.05) is 0 Å². The van der Waals surface area contributed by atoms with Crippen LogP contribution in [0.15, 0.2) is 156 Å². The minimum atomic E-state index is -0.350. The van der Waals surface area contributed by atoms with Crippen LogP contribution in [0.1, 0.15) is 22.9 Å². The summed E-state index contributed by atoms with van der Waals surface area (Å²) < 4.78 is 5.03. The van der Waals surface area contributed by atoms with Gasteiger partial charge in [0, 0.05) is 31.9 Å². The number of thiophene rings is 1. The minimum Gasteiger partial charge on any atom is -0.438 e. The van der Waals surface area contributed by atoms with Crippen molar-refractivity contribution in [2.45, 2.75) is 6.17 Å². The van der Waals surface area contributed by atoms with Gasteiger partial charge in [0.2, 0.25) is 0 Å². The number of amidine groups is 2. The Labute approximate surface area is 258 Å². The van der Waals surface area contributed by atoms with Crippen LogP contribution in [0, 0.1) is 0 Å². The van der Waals surface area contributed by atoms with E-state index in [2.05, 4.69) is 102 Å². The molecule has 6 aromatic carbocycles. The first-order valence-electron chi connectivity index (χ1n) is 14.7. The summed E-state index contributed by atoms with van der Waals surface area (Å²) in [6.45, 7) is 0. The van der Waals surface area contributed by atoms with E-state index < -0.39 is 0 Å². The average Bonchev–Trinajstić information content (AvgIpc) is 3.65. The quantitative estimate of drug-likeness (QED) is 0.198. The summed E-state index contributed by atoms with van der Waals surface area (Å²) in [6, 6.07) is 51.0. The van der Waals surface area contributed by atoms with E-state index in [1.54, 1.807) is 0 Å². The monoisotopic (exact) mass is 581 g/mol. The first-order chi connectivity index (χ1) is 21.8. The van der Waals surface area contributed by atoms with Gasteiger partial charge in [-0.2, -0.15) is 0 Å². The van der Waals surface area contributed by atoms with Gasteiger partial charge >= 0.3 is 0 Å². The number of fused-ring (bicyclic) bond motifs is 7. The van der Waals surface area contributed by atoms with Crippen LogP contribution < -0.4 is 0 Å². The van der Waals surface area contributed by atoms with E-state index in [1.807, 2.05) is 59.9 Å². The Morgan fingerprint density at radius 1 is 0.568 bits per heavy atom. The molecule has 0 aliphatic carbocycles. The average molecular weight is 582 g/mol. The highest BCUT2D eigenvalue weighted by Gasteiger charge is 2.18. The number of para-hydroxylation sites is 1. The molecule has 2 aromatic heterocycles. The van der Waals surface area contributed by atoms with Crippen molar-refractivity contribution in [3.05, 3.63) is 168 Å². The van der Waals surface area contributed by atoms with Gasteiger partial charge in [-0.05, 0) is 41.0 Å². The van der Waals surface area contributed by atoms with Gasteiger partial charge in [0.25, 0.3) is 0 Å². The lowest BCUT2D eigenvalue weighted by Crippen LogP contribution is -2.15. The molecule has 208 valence electrons. The summed E-state index contributed by atoms with van der Waals surface area (Å²) in [5.74, 6) is 1.39. The predicted octanol–water partition coefficient (Wildman–Crippen LogP) is 10.4. The fourth-order valence-electron chi connectivity index (χ4n) is 6.32. The lowest BCUT2D eigenvalue weighted by atomic mass is 10.1. The lowest BCUT2D eigenvalue weighted by Gasteiger charge is -2.32.